The molecule has 21 heavy (non-hydrogen) atoms. The van der Waals surface area contributed by atoms with Crippen LogP contribution in [0.2, 0.25) is 0 Å². The van der Waals surface area contributed by atoms with Gasteiger partial charge in [0.25, 0.3) is 0 Å². The van der Waals surface area contributed by atoms with Crippen molar-refractivity contribution < 1.29 is 4.74 Å². The maximum absolute atomic E-state index is 6.14. The first-order valence-electron chi connectivity index (χ1n) is 8.66. The molecule has 0 aromatic heterocycles. The second-order valence-electron chi connectivity index (χ2n) is 6.29. The van der Waals surface area contributed by atoms with E-state index in [2.05, 4.69) is 50.5 Å². The standard InChI is InChI=1S/C19H31NO/c1-4-6-9-15(5-2)14-18(20-3)19-17-11-8-7-10-16(17)12-13-21-19/h7-8,10-11,15,18-20H,4-6,9,12-14H2,1-3H3. The lowest BCUT2D eigenvalue weighted by Crippen LogP contribution is -2.37. The van der Waals surface area contributed by atoms with E-state index in [1.54, 1.807) is 0 Å². The lowest BCUT2D eigenvalue weighted by atomic mass is 9.86. The summed E-state index contributed by atoms with van der Waals surface area (Å²) in [6, 6.07) is 9.21. The van der Waals surface area contributed by atoms with E-state index < -0.39 is 0 Å². The molecule has 0 spiro atoms. The highest BCUT2D eigenvalue weighted by Gasteiger charge is 2.29. The van der Waals surface area contributed by atoms with Gasteiger partial charge in [-0.2, -0.15) is 0 Å². The summed E-state index contributed by atoms with van der Waals surface area (Å²) in [5, 5.41) is 3.53. The van der Waals surface area contributed by atoms with E-state index >= 15 is 0 Å². The summed E-state index contributed by atoms with van der Waals surface area (Å²) in [5.74, 6) is 0.806. The van der Waals surface area contributed by atoms with E-state index in [9.17, 15) is 0 Å². The van der Waals surface area contributed by atoms with E-state index in [-0.39, 0.29) is 6.10 Å². The molecule has 1 aromatic carbocycles. The van der Waals surface area contributed by atoms with Crippen LogP contribution in [0.25, 0.3) is 0 Å². The van der Waals surface area contributed by atoms with Gasteiger partial charge in [-0.05, 0) is 36.9 Å². The fraction of sp³-hybridized carbons (Fsp3) is 0.684. The molecule has 0 amide bonds. The molecule has 0 saturated heterocycles. The fourth-order valence-corrected chi connectivity index (χ4v) is 3.49. The van der Waals surface area contributed by atoms with E-state index in [1.807, 2.05) is 0 Å². The van der Waals surface area contributed by atoms with Gasteiger partial charge in [-0.1, -0.05) is 63.8 Å². The average Bonchev–Trinajstić information content (AvgIpc) is 2.55. The first-order chi connectivity index (χ1) is 10.3. The summed E-state index contributed by atoms with van der Waals surface area (Å²) in [5.41, 5.74) is 2.86. The molecule has 2 nitrogen and oxygen atoms in total. The molecule has 1 N–H and O–H groups in total. The number of rotatable bonds is 8. The summed E-state index contributed by atoms with van der Waals surface area (Å²) in [7, 11) is 2.08. The largest absolute Gasteiger partial charge is 0.372 e. The Balaban J connectivity index is 2.07. The molecular formula is C19H31NO. The van der Waals surface area contributed by atoms with E-state index in [1.165, 1.54) is 43.2 Å². The van der Waals surface area contributed by atoms with Crippen LogP contribution in [0.15, 0.2) is 24.3 Å². The lowest BCUT2D eigenvalue weighted by molar-refractivity contribution is 0.0106. The topological polar surface area (TPSA) is 21.3 Å². The van der Waals surface area contributed by atoms with Crippen molar-refractivity contribution in [3.05, 3.63) is 35.4 Å². The summed E-state index contributed by atoms with van der Waals surface area (Å²) in [6.45, 7) is 5.46. The molecule has 1 aliphatic heterocycles. The first-order valence-corrected chi connectivity index (χ1v) is 8.66. The first kappa shape index (κ1) is 16.5. The van der Waals surface area contributed by atoms with Crippen molar-refractivity contribution in [2.24, 2.45) is 5.92 Å². The minimum Gasteiger partial charge on any atom is -0.372 e. The summed E-state index contributed by atoms with van der Waals surface area (Å²) in [6.07, 6.45) is 7.74. The van der Waals surface area contributed by atoms with Gasteiger partial charge in [0, 0.05) is 6.04 Å². The number of ether oxygens (including phenoxy) is 1. The molecule has 1 aliphatic rings. The van der Waals surface area contributed by atoms with Crippen molar-refractivity contribution >= 4 is 0 Å². The Bertz CT molecular complexity index is 418. The van der Waals surface area contributed by atoms with Crippen molar-refractivity contribution in [2.75, 3.05) is 13.7 Å². The number of benzene rings is 1. The highest BCUT2D eigenvalue weighted by atomic mass is 16.5. The van der Waals surface area contributed by atoms with E-state index in [0.29, 0.717) is 6.04 Å². The third-order valence-electron chi connectivity index (χ3n) is 4.90. The number of hydrogen-bond donors (Lipinski definition) is 1. The van der Waals surface area contributed by atoms with Crippen LogP contribution in [-0.4, -0.2) is 19.7 Å². The normalized spacial score (nSPS) is 20.8. The second-order valence-corrected chi connectivity index (χ2v) is 6.29. The smallest absolute Gasteiger partial charge is 0.0980 e. The molecule has 2 rings (SSSR count). The van der Waals surface area contributed by atoms with Crippen molar-refractivity contribution in [1.82, 2.24) is 5.32 Å². The number of likely N-dealkylation sites (N-methyl/N-ethyl adjacent to an activating group) is 1. The van der Waals surface area contributed by atoms with Crippen molar-refractivity contribution in [1.29, 1.82) is 0 Å². The zero-order chi connectivity index (χ0) is 15.1. The van der Waals surface area contributed by atoms with Crippen LogP contribution in [0, 0.1) is 5.92 Å². The fourth-order valence-electron chi connectivity index (χ4n) is 3.49. The van der Waals surface area contributed by atoms with Gasteiger partial charge in [-0.15, -0.1) is 0 Å². The van der Waals surface area contributed by atoms with Gasteiger partial charge in [0.15, 0.2) is 0 Å². The third-order valence-corrected chi connectivity index (χ3v) is 4.90. The van der Waals surface area contributed by atoms with Crippen LogP contribution in [0.3, 0.4) is 0 Å². The van der Waals surface area contributed by atoms with Gasteiger partial charge < -0.3 is 10.1 Å². The van der Waals surface area contributed by atoms with Gasteiger partial charge in [-0.25, -0.2) is 0 Å². The number of nitrogens with one attached hydrogen (secondary N) is 1. The Morgan fingerprint density at radius 2 is 2.10 bits per heavy atom. The maximum atomic E-state index is 6.14. The van der Waals surface area contributed by atoms with Crippen molar-refractivity contribution in [3.63, 3.8) is 0 Å². The van der Waals surface area contributed by atoms with Crippen LogP contribution in [0.4, 0.5) is 0 Å². The minimum atomic E-state index is 0.218. The van der Waals surface area contributed by atoms with Crippen LogP contribution in [0.5, 0.6) is 0 Å². The molecule has 0 fully saturated rings. The van der Waals surface area contributed by atoms with Crippen LogP contribution >= 0.6 is 0 Å². The molecule has 1 heterocycles. The maximum Gasteiger partial charge on any atom is 0.0980 e. The SMILES string of the molecule is CCCCC(CC)CC(NC)C1OCCc2ccccc21. The van der Waals surface area contributed by atoms with Crippen LogP contribution in [-0.2, 0) is 11.2 Å². The third kappa shape index (κ3) is 4.31. The molecular weight excluding hydrogens is 258 g/mol. The molecule has 0 radical (unpaired) electrons. The molecule has 0 saturated carbocycles. The Morgan fingerprint density at radius 3 is 2.81 bits per heavy atom. The van der Waals surface area contributed by atoms with Gasteiger partial charge >= 0.3 is 0 Å². The van der Waals surface area contributed by atoms with Gasteiger partial charge in [0.05, 0.1) is 12.7 Å². The molecule has 3 atom stereocenters. The summed E-state index contributed by atoms with van der Waals surface area (Å²) in [4.78, 5) is 0. The predicted molar refractivity (Wildman–Crippen MR) is 89.6 cm³/mol. The van der Waals surface area contributed by atoms with E-state index in [0.717, 1.165) is 18.9 Å². The quantitative estimate of drug-likeness (QED) is 0.761. The number of fused-ring (bicyclic) bond motifs is 1. The Labute approximate surface area is 130 Å². The average molecular weight is 289 g/mol. The summed E-state index contributed by atoms with van der Waals surface area (Å²) >= 11 is 0. The van der Waals surface area contributed by atoms with Gasteiger partial charge in [0.1, 0.15) is 0 Å². The number of unbranched alkanes of at least 4 members (excludes halogenated alkanes) is 1. The van der Waals surface area contributed by atoms with Crippen molar-refractivity contribution in [3.8, 4) is 0 Å². The van der Waals surface area contributed by atoms with E-state index in [4.69, 9.17) is 4.74 Å². The predicted octanol–water partition coefficient (Wildman–Crippen LogP) is 4.49. The highest BCUT2D eigenvalue weighted by Crippen LogP contribution is 2.33. The molecule has 0 bridgehead atoms. The summed E-state index contributed by atoms with van der Waals surface area (Å²) < 4.78 is 6.14. The Kier molecular flexibility index (Phi) is 6.72. The zero-order valence-electron chi connectivity index (χ0n) is 13.9. The molecule has 118 valence electrons. The molecule has 1 aromatic rings. The van der Waals surface area contributed by atoms with Crippen LogP contribution in [0.1, 0.15) is 63.2 Å². The Hall–Kier alpha value is -0.860. The Morgan fingerprint density at radius 1 is 1.29 bits per heavy atom. The number of hydrogen-bond acceptors (Lipinski definition) is 2. The zero-order valence-corrected chi connectivity index (χ0v) is 13.9. The molecule has 0 aliphatic carbocycles. The monoisotopic (exact) mass is 289 g/mol. The van der Waals surface area contributed by atoms with Gasteiger partial charge in [0.2, 0.25) is 0 Å². The van der Waals surface area contributed by atoms with Crippen LogP contribution < -0.4 is 5.32 Å². The van der Waals surface area contributed by atoms with Gasteiger partial charge in [-0.3, -0.25) is 0 Å². The lowest BCUT2D eigenvalue weighted by Gasteiger charge is -2.34. The minimum absolute atomic E-state index is 0.218. The second kappa shape index (κ2) is 8.55. The van der Waals surface area contributed by atoms with Crippen molar-refractivity contribution in [2.45, 2.75) is 64.5 Å². The molecule has 2 heteroatoms. The highest BCUT2D eigenvalue weighted by molar-refractivity contribution is 5.31. The molecule has 3 unspecified atom stereocenters.